The average molecular weight is 488 g/mol. The lowest BCUT2D eigenvalue weighted by Crippen LogP contribution is -2.51. The molecule has 2 rings (SSSR count). The molecular formula is C20H29Cl2N6O2S+. The highest BCUT2D eigenvalue weighted by molar-refractivity contribution is 7.89. The quantitative estimate of drug-likeness (QED) is 0.245. The van der Waals surface area contributed by atoms with E-state index in [9.17, 15) is 8.42 Å². The van der Waals surface area contributed by atoms with E-state index in [4.69, 9.17) is 29.0 Å². The molecule has 2 N–H and O–H groups in total. The molecule has 0 atom stereocenters. The van der Waals surface area contributed by atoms with Gasteiger partial charge in [-0.1, -0.05) is 23.2 Å². The van der Waals surface area contributed by atoms with E-state index in [2.05, 4.69) is 22.1 Å². The number of likely N-dealkylation sites (N-methyl/N-ethyl adjacent to an activating group) is 2. The minimum absolute atomic E-state index is 0.0298. The van der Waals surface area contributed by atoms with Crippen molar-refractivity contribution in [2.45, 2.75) is 11.8 Å². The van der Waals surface area contributed by atoms with E-state index in [1.54, 1.807) is 0 Å². The number of rotatable bonds is 9. The minimum Gasteiger partial charge on any atom is -0.366 e. The van der Waals surface area contributed by atoms with E-state index in [-0.39, 0.29) is 20.6 Å². The average Bonchev–Trinajstić information content (AvgIpc) is 2.68. The number of hydrogen-bond acceptors (Lipinski definition) is 6. The fraction of sp³-hybridized carbons (Fsp3) is 0.400. The van der Waals surface area contributed by atoms with Crippen LogP contribution in [0.5, 0.6) is 0 Å². The monoisotopic (exact) mass is 487 g/mol. The highest BCUT2D eigenvalue weighted by Crippen LogP contribution is 2.35. The molecule has 0 radical (unpaired) electrons. The summed E-state index contributed by atoms with van der Waals surface area (Å²) in [7, 11) is 3.04. The number of anilines is 1. The second-order valence-corrected chi connectivity index (χ2v) is 10.8. The molecule has 0 aliphatic heterocycles. The first-order chi connectivity index (χ1) is 14.3. The molecule has 0 saturated carbocycles. The van der Waals surface area contributed by atoms with Crippen molar-refractivity contribution < 1.29 is 13.0 Å². The summed E-state index contributed by atoms with van der Waals surface area (Å²) in [6, 6.07) is 10.3. The Morgan fingerprint density at radius 2 is 1.65 bits per heavy atom. The van der Waals surface area contributed by atoms with Gasteiger partial charge >= 0.3 is 0 Å². The Labute approximate surface area is 194 Å². The summed E-state index contributed by atoms with van der Waals surface area (Å²) < 4.78 is 26.1. The maximum absolute atomic E-state index is 12.3. The van der Waals surface area contributed by atoms with Crippen LogP contribution in [0.2, 0.25) is 10.0 Å². The van der Waals surface area contributed by atoms with Crippen molar-refractivity contribution >= 4 is 50.3 Å². The Bertz CT molecular complexity index is 1030. The molecular weight excluding hydrogens is 459 g/mol. The summed E-state index contributed by atoms with van der Waals surface area (Å²) in [5.41, 5.74) is 1.98. The Morgan fingerprint density at radius 3 is 2.16 bits per heavy atom. The number of hydrogen-bond donors (Lipinski definition) is 1. The topological polar surface area (TPSA) is 91.4 Å². The van der Waals surface area contributed by atoms with Gasteiger partial charge in [0.05, 0.1) is 36.4 Å². The molecule has 2 aromatic carbocycles. The predicted octanol–water partition coefficient (Wildman–Crippen LogP) is 4.44. The van der Waals surface area contributed by atoms with Crippen LogP contribution in [0.25, 0.3) is 0 Å². The first kappa shape index (κ1) is 25.5. The van der Waals surface area contributed by atoms with Crippen molar-refractivity contribution in [3.05, 3.63) is 46.4 Å². The molecule has 0 bridgehead atoms. The summed E-state index contributed by atoms with van der Waals surface area (Å²) in [5, 5.41) is 8.51. The van der Waals surface area contributed by atoms with Crippen molar-refractivity contribution in [1.82, 2.24) is 4.31 Å². The zero-order valence-electron chi connectivity index (χ0n) is 18.4. The molecule has 11 heteroatoms. The van der Waals surface area contributed by atoms with Gasteiger partial charge in [-0.15, -0.1) is 5.11 Å². The zero-order valence-corrected chi connectivity index (χ0v) is 20.7. The molecule has 0 spiro atoms. The van der Waals surface area contributed by atoms with Crippen molar-refractivity contribution in [3.63, 3.8) is 0 Å². The number of azo groups is 1. The zero-order chi connectivity index (χ0) is 23.4. The molecule has 0 saturated heterocycles. The lowest BCUT2D eigenvalue weighted by molar-refractivity contribution is -0.900. The van der Waals surface area contributed by atoms with Gasteiger partial charge in [-0.25, -0.2) is 12.7 Å². The molecule has 0 unspecified atom stereocenters. The van der Waals surface area contributed by atoms with E-state index < -0.39 is 10.0 Å². The number of halogens is 2. The second-order valence-electron chi connectivity index (χ2n) is 7.82. The third kappa shape index (κ3) is 6.86. The van der Waals surface area contributed by atoms with Crippen molar-refractivity contribution in [3.8, 4) is 0 Å². The molecule has 0 amide bonds. The molecule has 31 heavy (non-hydrogen) atoms. The summed E-state index contributed by atoms with van der Waals surface area (Å²) in [6.45, 7) is 4.60. The maximum atomic E-state index is 12.3. The smallest absolute Gasteiger partial charge is 0.244 e. The van der Waals surface area contributed by atoms with Gasteiger partial charge in [0.25, 0.3) is 0 Å². The molecule has 0 aliphatic carbocycles. The highest BCUT2D eigenvalue weighted by Gasteiger charge is 2.22. The summed E-state index contributed by atoms with van der Waals surface area (Å²) in [4.78, 5) is 2.15. The Kier molecular flexibility index (Phi) is 8.43. The molecule has 0 heterocycles. The molecule has 0 aromatic heterocycles. The van der Waals surface area contributed by atoms with Crippen molar-refractivity contribution in [2.24, 2.45) is 16.1 Å². The van der Waals surface area contributed by atoms with Gasteiger partial charge in [0.15, 0.2) is 0 Å². The third-order valence-corrected chi connectivity index (χ3v) is 7.16. The fourth-order valence-electron chi connectivity index (χ4n) is 2.68. The van der Waals surface area contributed by atoms with E-state index >= 15 is 0 Å². The number of benzene rings is 2. The SMILES string of the molecule is CCN(CC[N+](C)(C)N)c1ccc(N=Nc2cc(Cl)c(S(=O)(=O)N(C)C)cc2Cl)cc1. The van der Waals surface area contributed by atoms with Gasteiger partial charge in [-0.3, -0.25) is 4.59 Å². The van der Waals surface area contributed by atoms with Gasteiger partial charge < -0.3 is 4.90 Å². The summed E-state index contributed by atoms with van der Waals surface area (Å²) in [5.74, 6) is 6.03. The summed E-state index contributed by atoms with van der Waals surface area (Å²) in [6.07, 6.45) is 0. The maximum Gasteiger partial charge on any atom is 0.244 e. The third-order valence-electron chi connectivity index (χ3n) is 4.58. The van der Waals surface area contributed by atoms with Crippen LogP contribution in [-0.2, 0) is 10.0 Å². The number of nitrogens with zero attached hydrogens (tertiary/aromatic N) is 5. The van der Waals surface area contributed by atoms with Crippen LogP contribution in [0.15, 0.2) is 51.5 Å². The van der Waals surface area contributed by atoms with Gasteiger partial charge in [-0.05, 0) is 43.3 Å². The lowest BCUT2D eigenvalue weighted by atomic mass is 10.2. The predicted molar refractivity (Wildman–Crippen MR) is 127 cm³/mol. The van der Waals surface area contributed by atoms with Crippen LogP contribution in [-0.4, -0.2) is 65.1 Å². The normalized spacial score (nSPS) is 12.7. The lowest BCUT2D eigenvalue weighted by Gasteiger charge is -2.28. The largest absolute Gasteiger partial charge is 0.366 e. The van der Waals surface area contributed by atoms with Crippen LogP contribution in [0, 0.1) is 0 Å². The molecule has 0 fully saturated rings. The molecule has 8 nitrogen and oxygen atoms in total. The Hall–Kier alpha value is -1.75. The fourth-order valence-corrected chi connectivity index (χ4v) is 4.36. The Morgan fingerprint density at radius 1 is 1.03 bits per heavy atom. The van der Waals surface area contributed by atoms with Gasteiger partial charge in [0, 0.05) is 26.3 Å². The van der Waals surface area contributed by atoms with Gasteiger partial charge in [0.2, 0.25) is 10.0 Å². The van der Waals surface area contributed by atoms with Crippen molar-refractivity contribution in [2.75, 3.05) is 52.7 Å². The second kappa shape index (κ2) is 10.2. The molecule has 0 aliphatic rings. The number of sulfonamides is 1. The first-order valence-corrected chi connectivity index (χ1v) is 11.8. The van der Waals surface area contributed by atoms with E-state index in [0.29, 0.717) is 10.3 Å². The van der Waals surface area contributed by atoms with Crippen LogP contribution < -0.4 is 10.7 Å². The van der Waals surface area contributed by atoms with Gasteiger partial charge in [0.1, 0.15) is 17.1 Å². The number of quaternary nitrogens is 1. The van der Waals surface area contributed by atoms with E-state index in [1.165, 1.54) is 26.2 Å². The highest BCUT2D eigenvalue weighted by atomic mass is 35.5. The Balaban J connectivity index is 2.20. The van der Waals surface area contributed by atoms with Crippen LogP contribution in [0.4, 0.5) is 17.1 Å². The van der Waals surface area contributed by atoms with Gasteiger partial charge in [-0.2, -0.15) is 11.0 Å². The van der Waals surface area contributed by atoms with Crippen LogP contribution in [0.3, 0.4) is 0 Å². The summed E-state index contributed by atoms with van der Waals surface area (Å²) >= 11 is 12.4. The molecule has 170 valence electrons. The number of nitrogens with two attached hydrogens (primary N) is 1. The standard InChI is InChI=1S/C20H29Cl2N6O2S/c1-6-27(11-12-28(4,5)23)16-9-7-15(8-10-16)24-25-19-13-18(22)20(14-17(19)21)31(29,30)26(2)3/h7-10,13-14H,6,11-12,23H2,1-5H3/q+1. The van der Waals surface area contributed by atoms with Crippen molar-refractivity contribution in [1.29, 1.82) is 0 Å². The van der Waals surface area contributed by atoms with Crippen LogP contribution >= 0.6 is 23.2 Å². The van der Waals surface area contributed by atoms with Crippen LogP contribution in [0.1, 0.15) is 6.92 Å². The van der Waals surface area contributed by atoms with E-state index in [1.807, 2.05) is 38.4 Å². The first-order valence-electron chi connectivity index (χ1n) is 9.65. The van der Waals surface area contributed by atoms with E-state index in [0.717, 1.165) is 29.6 Å². The molecule has 2 aromatic rings. The minimum atomic E-state index is -3.71.